The number of pyridine rings is 1. The van der Waals surface area contributed by atoms with E-state index in [9.17, 15) is 9.59 Å². The van der Waals surface area contributed by atoms with Crippen molar-refractivity contribution in [2.45, 2.75) is 6.54 Å². The standard InChI is InChI=1S/C11H9N3O4/c15-10(14-5-8-4-12-6-18-8)9-3-7(11(16)17)1-2-13-9/h1-4,6H,5H2,(H,14,15)(H,16,17). The van der Waals surface area contributed by atoms with Crippen LogP contribution in [-0.2, 0) is 6.54 Å². The molecule has 7 heteroatoms. The van der Waals surface area contributed by atoms with Crippen molar-refractivity contribution >= 4 is 11.9 Å². The van der Waals surface area contributed by atoms with Gasteiger partial charge in [-0.15, -0.1) is 0 Å². The summed E-state index contributed by atoms with van der Waals surface area (Å²) in [5, 5.41) is 11.3. The number of rotatable bonds is 4. The Morgan fingerprint density at radius 3 is 2.94 bits per heavy atom. The Morgan fingerprint density at radius 1 is 1.44 bits per heavy atom. The average molecular weight is 247 g/mol. The zero-order chi connectivity index (χ0) is 13.0. The fourth-order valence-corrected chi connectivity index (χ4v) is 1.28. The van der Waals surface area contributed by atoms with Crippen LogP contribution in [0.4, 0.5) is 0 Å². The number of hydrogen-bond donors (Lipinski definition) is 2. The molecule has 0 saturated heterocycles. The van der Waals surface area contributed by atoms with E-state index in [1.807, 2.05) is 0 Å². The Balaban J connectivity index is 2.04. The van der Waals surface area contributed by atoms with E-state index < -0.39 is 11.9 Å². The number of aromatic carboxylic acids is 1. The number of nitrogens with one attached hydrogen (secondary N) is 1. The van der Waals surface area contributed by atoms with Crippen LogP contribution in [0, 0.1) is 0 Å². The lowest BCUT2D eigenvalue weighted by Gasteiger charge is -2.02. The summed E-state index contributed by atoms with van der Waals surface area (Å²) in [6, 6.07) is 2.52. The van der Waals surface area contributed by atoms with Gasteiger partial charge in [-0.25, -0.2) is 9.78 Å². The van der Waals surface area contributed by atoms with Gasteiger partial charge >= 0.3 is 5.97 Å². The highest BCUT2D eigenvalue weighted by Gasteiger charge is 2.11. The van der Waals surface area contributed by atoms with E-state index in [1.54, 1.807) is 0 Å². The smallest absolute Gasteiger partial charge is 0.335 e. The van der Waals surface area contributed by atoms with Crippen molar-refractivity contribution in [3.8, 4) is 0 Å². The van der Waals surface area contributed by atoms with Crippen LogP contribution in [0.15, 0.2) is 35.3 Å². The van der Waals surface area contributed by atoms with Crippen molar-refractivity contribution in [3.63, 3.8) is 0 Å². The molecule has 2 N–H and O–H groups in total. The normalized spacial score (nSPS) is 10.0. The quantitative estimate of drug-likeness (QED) is 0.823. The van der Waals surface area contributed by atoms with Gasteiger partial charge in [-0.2, -0.15) is 0 Å². The number of nitrogens with zero attached hydrogens (tertiary/aromatic N) is 2. The lowest BCUT2D eigenvalue weighted by molar-refractivity contribution is 0.0696. The number of carboxylic acids is 1. The van der Waals surface area contributed by atoms with Crippen LogP contribution in [0.3, 0.4) is 0 Å². The minimum Gasteiger partial charge on any atom is -0.478 e. The molecule has 1 amide bonds. The van der Waals surface area contributed by atoms with Crippen molar-refractivity contribution in [2.24, 2.45) is 0 Å². The van der Waals surface area contributed by atoms with Gasteiger partial charge < -0.3 is 14.8 Å². The molecule has 7 nitrogen and oxygen atoms in total. The number of oxazole rings is 1. The molecule has 0 atom stereocenters. The first-order chi connectivity index (χ1) is 8.66. The number of carbonyl (C=O) groups excluding carboxylic acids is 1. The molecule has 2 heterocycles. The minimum absolute atomic E-state index is 0.00909. The highest BCUT2D eigenvalue weighted by atomic mass is 16.4. The Kier molecular flexibility index (Phi) is 3.33. The summed E-state index contributed by atoms with van der Waals surface area (Å²) >= 11 is 0. The number of carboxylic acid groups (broad SMARTS) is 1. The Bertz CT molecular complexity index is 565. The summed E-state index contributed by atoms with van der Waals surface area (Å²) in [6.07, 6.45) is 4.00. The highest BCUT2D eigenvalue weighted by Crippen LogP contribution is 2.03. The first-order valence-electron chi connectivity index (χ1n) is 5.02. The molecule has 2 rings (SSSR count). The molecule has 2 aromatic rings. The third-order valence-electron chi connectivity index (χ3n) is 2.15. The first kappa shape index (κ1) is 11.8. The van der Waals surface area contributed by atoms with Crippen LogP contribution >= 0.6 is 0 Å². The molecule has 0 aliphatic rings. The third kappa shape index (κ3) is 2.70. The summed E-state index contributed by atoms with van der Waals surface area (Å²) in [5.41, 5.74) is 0.0456. The molecular weight excluding hydrogens is 238 g/mol. The highest BCUT2D eigenvalue weighted by molar-refractivity contribution is 5.95. The fraction of sp³-hybridized carbons (Fsp3) is 0.0909. The SMILES string of the molecule is O=C(O)c1ccnc(C(=O)NCc2cnco2)c1. The molecule has 0 fully saturated rings. The summed E-state index contributed by atoms with van der Waals surface area (Å²) in [4.78, 5) is 29.9. The van der Waals surface area contributed by atoms with Crippen LogP contribution < -0.4 is 5.32 Å². The maximum Gasteiger partial charge on any atom is 0.335 e. The zero-order valence-electron chi connectivity index (χ0n) is 9.16. The Morgan fingerprint density at radius 2 is 2.28 bits per heavy atom. The third-order valence-corrected chi connectivity index (χ3v) is 2.15. The first-order valence-corrected chi connectivity index (χ1v) is 5.02. The van der Waals surface area contributed by atoms with Gasteiger partial charge in [0.25, 0.3) is 5.91 Å². The van der Waals surface area contributed by atoms with Gasteiger partial charge in [-0.05, 0) is 12.1 Å². The van der Waals surface area contributed by atoms with E-state index in [1.165, 1.54) is 30.9 Å². The van der Waals surface area contributed by atoms with Crippen LogP contribution in [0.25, 0.3) is 0 Å². The van der Waals surface area contributed by atoms with E-state index in [-0.39, 0.29) is 17.8 Å². The number of hydrogen-bond acceptors (Lipinski definition) is 5. The van der Waals surface area contributed by atoms with Crippen LogP contribution in [0.2, 0.25) is 0 Å². The second kappa shape index (κ2) is 5.09. The summed E-state index contributed by atoms with van der Waals surface area (Å²) in [7, 11) is 0. The van der Waals surface area contributed by atoms with Gasteiger partial charge in [0.1, 0.15) is 11.5 Å². The van der Waals surface area contributed by atoms with Gasteiger partial charge in [-0.3, -0.25) is 9.78 Å². The predicted molar refractivity (Wildman–Crippen MR) is 58.9 cm³/mol. The second-order valence-electron chi connectivity index (χ2n) is 3.39. The average Bonchev–Trinajstić information content (AvgIpc) is 2.89. The molecule has 0 bridgehead atoms. The lowest BCUT2D eigenvalue weighted by atomic mass is 10.2. The van der Waals surface area contributed by atoms with E-state index >= 15 is 0 Å². The molecule has 2 aromatic heterocycles. The monoisotopic (exact) mass is 247 g/mol. The maximum absolute atomic E-state index is 11.7. The van der Waals surface area contributed by atoms with Crippen molar-refractivity contribution < 1.29 is 19.1 Å². The zero-order valence-corrected chi connectivity index (χ0v) is 9.16. The van der Waals surface area contributed by atoms with E-state index in [0.29, 0.717) is 5.76 Å². The predicted octanol–water partition coefficient (Wildman–Crippen LogP) is 0.698. The summed E-state index contributed by atoms with van der Waals surface area (Å²) in [6.45, 7) is 0.164. The molecule has 18 heavy (non-hydrogen) atoms. The molecule has 0 unspecified atom stereocenters. The van der Waals surface area contributed by atoms with Gasteiger partial charge in [0, 0.05) is 6.20 Å². The molecular formula is C11H9N3O4. The minimum atomic E-state index is -1.11. The number of amides is 1. The number of aromatic nitrogens is 2. The fourth-order valence-electron chi connectivity index (χ4n) is 1.28. The Labute approximate surface area is 101 Å². The molecule has 0 spiro atoms. The van der Waals surface area contributed by atoms with Crippen molar-refractivity contribution in [1.29, 1.82) is 0 Å². The van der Waals surface area contributed by atoms with Crippen molar-refractivity contribution in [2.75, 3.05) is 0 Å². The van der Waals surface area contributed by atoms with Crippen LogP contribution in [-0.4, -0.2) is 27.0 Å². The molecule has 92 valence electrons. The maximum atomic E-state index is 11.7. The lowest BCUT2D eigenvalue weighted by Crippen LogP contribution is -2.23. The van der Waals surface area contributed by atoms with Crippen LogP contribution in [0.5, 0.6) is 0 Å². The van der Waals surface area contributed by atoms with Crippen LogP contribution in [0.1, 0.15) is 26.6 Å². The van der Waals surface area contributed by atoms with E-state index in [2.05, 4.69) is 15.3 Å². The molecule has 0 aromatic carbocycles. The molecule has 0 aliphatic carbocycles. The molecule has 0 aliphatic heterocycles. The largest absolute Gasteiger partial charge is 0.478 e. The summed E-state index contributed by atoms with van der Waals surface area (Å²) in [5.74, 6) is -1.09. The Hall–Kier alpha value is -2.70. The van der Waals surface area contributed by atoms with E-state index in [4.69, 9.17) is 9.52 Å². The van der Waals surface area contributed by atoms with Crippen molar-refractivity contribution in [3.05, 3.63) is 47.9 Å². The summed E-state index contributed by atoms with van der Waals surface area (Å²) < 4.78 is 4.94. The van der Waals surface area contributed by atoms with Gasteiger partial charge in [0.15, 0.2) is 6.39 Å². The van der Waals surface area contributed by atoms with Gasteiger partial charge in [0.2, 0.25) is 0 Å². The number of carbonyl (C=O) groups is 2. The van der Waals surface area contributed by atoms with E-state index in [0.717, 1.165) is 0 Å². The molecule has 0 radical (unpaired) electrons. The van der Waals surface area contributed by atoms with Crippen molar-refractivity contribution in [1.82, 2.24) is 15.3 Å². The second-order valence-corrected chi connectivity index (χ2v) is 3.39. The van der Waals surface area contributed by atoms with Gasteiger partial charge in [-0.1, -0.05) is 0 Å². The topological polar surface area (TPSA) is 105 Å². The van der Waals surface area contributed by atoms with Gasteiger partial charge in [0.05, 0.1) is 18.3 Å². The molecule has 0 saturated carbocycles.